The molecule has 5 rings (SSSR count). The number of aryl methyl sites for hydroxylation is 1. The van der Waals surface area contributed by atoms with E-state index in [1.165, 1.54) is 0 Å². The molecular weight excluding hydrogens is 392 g/mol. The number of hydrogen-bond acceptors (Lipinski definition) is 6. The van der Waals surface area contributed by atoms with Crippen LogP contribution in [0.3, 0.4) is 0 Å². The van der Waals surface area contributed by atoms with Gasteiger partial charge in [-0.05, 0) is 35.2 Å². The van der Waals surface area contributed by atoms with E-state index in [2.05, 4.69) is 31.3 Å². The summed E-state index contributed by atoms with van der Waals surface area (Å²) in [6, 6.07) is 11.5. The summed E-state index contributed by atoms with van der Waals surface area (Å²) in [4.78, 5) is 23.8. The average molecular weight is 414 g/mol. The number of ether oxygens (including phenoxy) is 1. The molecule has 1 amide bonds. The zero-order chi connectivity index (χ0) is 21.2. The number of morpholine rings is 1. The molecule has 1 aliphatic heterocycles. The van der Waals surface area contributed by atoms with Gasteiger partial charge in [0.05, 0.1) is 19.4 Å². The van der Waals surface area contributed by atoms with E-state index >= 15 is 0 Å². The Kier molecular flexibility index (Phi) is 5.05. The second kappa shape index (κ2) is 8.16. The zero-order valence-electron chi connectivity index (χ0n) is 17.2. The summed E-state index contributed by atoms with van der Waals surface area (Å²) >= 11 is 0. The van der Waals surface area contributed by atoms with Gasteiger partial charge in [0.25, 0.3) is 5.91 Å². The van der Waals surface area contributed by atoms with Crippen LogP contribution in [-0.2, 0) is 11.8 Å². The summed E-state index contributed by atoms with van der Waals surface area (Å²) in [5.41, 5.74) is 2.65. The van der Waals surface area contributed by atoms with Crippen molar-refractivity contribution in [2.45, 2.75) is 0 Å². The SMILES string of the molecule is Cn1cc(-c2ccc3cnc(NC(=O)c4ccnc(N5CCOCC5)c4)cc3c2)cn1. The Hall–Kier alpha value is -3.78. The summed E-state index contributed by atoms with van der Waals surface area (Å²) in [5.74, 6) is 1.07. The van der Waals surface area contributed by atoms with Crippen LogP contribution >= 0.6 is 0 Å². The number of benzene rings is 1. The Morgan fingerprint density at radius 3 is 2.68 bits per heavy atom. The van der Waals surface area contributed by atoms with Crippen LogP contribution in [0, 0.1) is 0 Å². The number of nitrogens with zero attached hydrogens (tertiary/aromatic N) is 5. The molecule has 3 aromatic heterocycles. The molecule has 156 valence electrons. The van der Waals surface area contributed by atoms with Gasteiger partial charge in [0.1, 0.15) is 11.6 Å². The Bertz CT molecular complexity index is 1250. The summed E-state index contributed by atoms with van der Waals surface area (Å²) in [6.07, 6.45) is 7.23. The maximum absolute atomic E-state index is 12.8. The minimum atomic E-state index is -0.216. The summed E-state index contributed by atoms with van der Waals surface area (Å²) < 4.78 is 7.16. The number of pyridine rings is 2. The summed E-state index contributed by atoms with van der Waals surface area (Å²) in [7, 11) is 1.89. The molecular formula is C23H22N6O2. The van der Waals surface area contributed by atoms with E-state index in [9.17, 15) is 4.79 Å². The molecule has 31 heavy (non-hydrogen) atoms. The minimum absolute atomic E-state index is 0.216. The third kappa shape index (κ3) is 4.10. The van der Waals surface area contributed by atoms with Crippen molar-refractivity contribution in [3.63, 3.8) is 0 Å². The molecule has 0 unspecified atom stereocenters. The van der Waals surface area contributed by atoms with E-state index in [0.717, 1.165) is 40.8 Å². The molecule has 0 bridgehead atoms. The van der Waals surface area contributed by atoms with Gasteiger partial charge < -0.3 is 15.0 Å². The number of amides is 1. The third-order valence-corrected chi connectivity index (χ3v) is 5.34. The zero-order valence-corrected chi connectivity index (χ0v) is 17.2. The highest BCUT2D eigenvalue weighted by Gasteiger charge is 2.15. The quantitative estimate of drug-likeness (QED) is 0.552. The molecule has 8 nitrogen and oxygen atoms in total. The van der Waals surface area contributed by atoms with Crippen LogP contribution in [0.4, 0.5) is 11.6 Å². The molecule has 4 heterocycles. The third-order valence-electron chi connectivity index (χ3n) is 5.34. The topological polar surface area (TPSA) is 85.2 Å². The highest BCUT2D eigenvalue weighted by molar-refractivity contribution is 6.05. The Labute approximate surface area is 179 Å². The van der Waals surface area contributed by atoms with Crippen LogP contribution in [0.2, 0.25) is 0 Å². The fraction of sp³-hybridized carbons (Fsp3) is 0.217. The van der Waals surface area contributed by atoms with Gasteiger partial charge in [-0.2, -0.15) is 5.10 Å². The second-order valence-electron chi connectivity index (χ2n) is 7.49. The van der Waals surface area contributed by atoms with Crippen LogP contribution in [0.5, 0.6) is 0 Å². The number of hydrogen-bond donors (Lipinski definition) is 1. The van der Waals surface area contributed by atoms with Crippen molar-refractivity contribution in [2.24, 2.45) is 7.05 Å². The Morgan fingerprint density at radius 1 is 1.00 bits per heavy atom. The molecule has 4 aromatic rings. The standard InChI is InChI=1S/C23H22N6O2/c1-28-15-20(14-26-28)16-2-3-18-13-25-21(11-19(18)10-16)27-23(30)17-4-5-24-22(12-17)29-6-8-31-9-7-29/h2-5,10-15H,6-9H2,1H3,(H,25,27,30). The molecule has 0 atom stereocenters. The number of carbonyl (C=O) groups excluding carboxylic acids is 1. The highest BCUT2D eigenvalue weighted by Crippen LogP contribution is 2.25. The first-order valence-corrected chi connectivity index (χ1v) is 10.1. The number of fused-ring (bicyclic) bond motifs is 1. The molecule has 1 aromatic carbocycles. The Balaban J connectivity index is 1.37. The molecule has 1 saturated heterocycles. The molecule has 0 saturated carbocycles. The lowest BCUT2D eigenvalue weighted by atomic mass is 10.1. The van der Waals surface area contributed by atoms with Crippen LogP contribution < -0.4 is 10.2 Å². The number of carbonyl (C=O) groups is 1. The van der Waals surface area contributed by atoms with Crippen LogP contribution in [0.25, 0.3) is 21.9 Å². The smallest absolute Gasteiger partial charge is 0.257 e. The first-order chi connectivity index (χ1) is 15.2. The highest BCUT2D eigenvalue weighted by atomic mass is 16.5. The molecule has 0 spiro atoms. The average Bonchev–Trinajstić information content (AvgIpc) is 3.25. The van der Waals surface area contributed by atoms with Gasteiger partial charge in [-0.15, -0.1) is 0 Å². The van der Waals surface area contributed by atoms with Crippen LogP contribution in [0.1, 0.15) is 10.4 Å². The van der Waals surface area contributed by atoms with Gasteiger partial charge >= 0.3 is 0 Å². The van der Waals surface area contributed by atoms with E-state index in [1.807, 2.05) is 43.7 Å². The van der Waals surface area contributed by atoms with Crippen LogP contribution in [0.15, 0.2) is 61.2 Å². The number of nitrogens with one attached hydrogen (secondary N) is 1. The lowest BCUT2D eigenvalue weighted by Gasteiger charge is -2.27. The van der Waals surface area contributed by atoms with Gasteiger partial charge in [0.2, 0.25) is 0 Å². The lowest BCUT2D eigenvalue weighted by molar-refractivity contribution is 0.102. The van der Waals surface area contributed by atoms with E-state index in [4.69, 9.17) is 4.74 Å². The number of anilines is 2. The fourth-order valence-corrected chi connectivity index (χ4v) is 3.67. The molecule has 1 N–H and O–H groups in total. The predicted molar refractivity (Wildman–Crippen MR) is 119 cm³/mol. The maximum Gasteiger partial charge on any atom is 0.257 e. The second-order valence-corrected chi connectivity index (χ2v) is 7.49. The molecule has 1 aliphatic rings. The van der Waals surface area contributed by atoms with E-state index in [0.29, 0.717) is 24.6 Å². The Morgan fingerprint density at radius 2 is 1.87 bits per heavy atom. The van der Waals surface area contributed by atoms with Gasteiger partial charge in [-0.3, -0.25) is 9.48 Å². The lowest BCUT2D eigenvalue weighted by Crippen LogP contribution is -2.36. The molecule has 1 fully saturated rings. The van der Waals surface area contributed by atoms with Gasteiger partial charge in [-0.25, -0.2) is 9.97 Å². The van der Waals surface area contributed by atoms with E-state index < -0.39 is 0 Å². The fourth-order valence-electron chi connectivity index (χ4n) is 3.67. The first-order valence-electron chi connectivity index (χ1n) is 10.1. The van der Waals surface area contributed by atoms with E-state index in [-0.39, 0.29) is 5.91 Å². The normalized spacial score (nSPS) is 14.0. The van der Waals surface area contributed by atoms with Crippen molar-refractivity contribution in [1.29, 1.82) is 0 Å². The predicted octanol–water partition coefficient (Wildman–Crippen LogP) is 3.12. The van der Waals surface area contributed by atoms with Crippen molar-refractivity contribution in [2.75, 3.05) is 36.5 Å². The monoisotopic (exact) mass is 414 g/mol. The van der Waals surface area contributed by atoms with Gasteiger partial charge in [0, 0.05) is 55.2 Å². The van der Waals surface area contributed by atoms with Crippen molar-refractivity contribution in [3.05, 3.63) is 66.7 Å². The number of aromatic nitrogens is 4. The van der Waals surface area contributed by atoms with Gasteiger partial charge in [0.15, 0.2) is 0 Å². The van der Waals surface area contributed by atoms with Crippen LogP contribution in [-0.4, -0.2) is 52.0 Å². The van der Waals surface area contributed by atoms with Crippen molar-refractivity contribution >= 4 is 28.3 Å². The first kappa shape index (κ1) is 19.2. The molecule has 0 aliphatic carbocycles. The van der Waals surface area contributed by atoms with Crippen molar-refractivity contribution < 1.29 is 9.53 Å². The minimum Gasteiger partial charge on any atom is -0.378 e. The van der Waals surface area contributed by atoms with Crippen molar-refractivity contribution in [1.82, 2.24) is 19.7 Å². The van der Waals surface area contributed by atoms with Crippen molar-refractivity contribution in [3.8, 4) is 11.1 Å². The summed E-state index contributed by atoms with van der Waals surface area (Å²) in [5, 5.41) is 9.14. The largest absolute Gasteiger partial charge is 0.378 e. The van der Waals surface area contributed by atoms with E-state index in [1.54, 1.807) is 23.1 Å². The molecule has 0 radical (unpaired) electrons. The number of rotatable bonds is 4. The summed E-state index contributed by atoms with van der Waals surface area (Å²) in [6.45, 7) is 2.87. The maximum atomic E-state index is 12.8. The van der Waals surface area contributed by atoms with Gasteiger partial charge in [-0.1, -0.05) is 12.1 Å². The molecule has 8 heteroatoms.